The van der Waals surface area contributed by atoms with E-state index in [1.54, 1.807) is 0 Å². The Morgan fingerprint density at radius 3 is 2.15 bits per heavy atom. The van der Waals surface area contributed by atoms with Crippen LogP contribution in [0.25, 0.3) is 0 Å². The standard InChI is InChI=1S/C24H29N7O2/c25-13-19-29-23(21(26)24(30-19)31-20-12-11-18(33-20)22(27)32)28-14-17(15-7-3-1-4-8-15)16-9-5-2-6-10-16/h1-10,17-18,20H,11-14,25-26H2,(H2,27,32)(H2,28,29,30,31)/t18-,20?/m0/s1. The van der Waals surface area contributed by atoms with Crippen molar-refractivity contribution in [3.63, 3.8) is 0 Å². The van der Waals surface area contributed by atoms with Crippen LogP contribution in [0.2, 0.25) is 0 Å². The Bertz CT molecular complexity index is 1040. The maximum Gasteiger partial charge on any atom is 0.246 e. The van der Waals surface area contributed by atoms with Gasteiger partial charge in [0, 0.05) is 12.5 Å². The van der Waals surface area contributed by atoms with Gasteiger partial charge in [0.25, 0.3) is 0 Å². The van der Waals surface area contributed by atoms with E-state index in [1.807, 2.05) is 36.4 Å². The van der Waals surface area contributed by atoms with Crippen molar-refractivity contribution >= 4 is 23.2 Å². The minimum Gasteiger partial charge on any atom is -0.393 e. The molecule has 0 saturated carbocycles. The number of primary amides is 1. The highest BCUT2D eigenvalue weighted by atomic mass is 16.5. The van der Waals surface area contributed by atoms with Crippen molar-refractivity contribution in [2.24, 2.45) is 11.5 Å². The number of hydrogen-bond donors (Lipinski definition) is 5. The summed E-state index contributed by atoms with van der Waals surface area (Å²) >= 11 is 0. The zero-order valence-electron chi connectivity index (χ0n) is 18.3. The number of carbonyl (C=O) groups is 1. The normalized spacial score (nSPS) is 17.8. The van der Waals surface area contributed by atoms with Gasteiger partial charge in [-0.1, -0.05) is 60.7 Å². The number of ether oxygens (including phenoxy) is 1. The predicted molar refractivity (Wildman–Crippen MR) is 128 cm³/mol. The molecule has 1 aliphatic heterocycles. The molecule has 2 heterocycles. The van der Waals surface area contributed by atoms with Crippen molar-refractivity contribution < 1.29 is 9.53 Å². The number of rotatable bonds is 9. The number of carbonyl (C=O) groups excluding carboxylic acids is 1. The SMILES string of the molecule is NCc1nc(NCC(c2ccccc2)c2ccccc2)c(N)c(NC2CC[C@@H](C(N)=O)O2)n1. The molecule has 1 aliphatic rings. The molecule has 33 heavy (non-hydrogen) atoms. The fourth-order valence-electron chi connectivity index (χ4n) is 3.95. The van der Waals surface area contributed by atoms with Crippen molar-refractivity contribution in [2.45, 2.75) is 37.6 Å². The Balaban J connectivity index is 1.55. The molecule has 2 atom stereocenters. The summed E-state index contributed by atoms with van der Waals surface area (Å²) in [6.07, 6.45) is 0.124. The number of amides is 1. The Labute approximate surface area is 192 Å². The molecule has 1 aromatic heterocycles. The fraction of sp³-hybridized carbons (Fsp3) is 0.292. The summed E-state index contributed by atoms with van der Waals surface area (Å²) in [7, 11) is 0. The number of nitrogen functional groups attached to an aromatic ring is 1. The summed E-state index contributed by atoms with van der Waals surface area (Å²) in [6, 6.07) is 20.5. The second kappa shape index (κ2) is 10.3. The van der Waals surface area contributed by atoms with Crippen LogP contribution in [0.15, 0.2) is 60.7 Å². The maximum atomic E-state index is 11.4. The minimum absolute atomic E-state index is 0.0917. The van der Waals surface area contributed by atoms with Crippen molar-refractivity contribution in [3.05, 3.63) is 77.6 Å². The minimum atomic E-state index is -0.616. The van der Waals surface area contributed by atoms with Gasteiger partial charge in [0.2, 0.25) is 5.91 Å². The summed E-state index contributed by atoms with van der Waals surface area (Å²) in [5.74, 6) is 0.963. The van der Waals surface area contributed by atoms with Gasteiger partial charge in [-0.25, -0.2) is 9.97 Å². The highest BCUT2D eigenvalue weighted by molar-refractivity contribution is 5.79. The summed E-state index contributed by atoms with van der Waals surface area (Å²) in [5.41, 5.74) is 20.3. The maximum absolute atomic E-state index is 11.4. The van der Waals surface area contributed by atoms with Crippen molar-refractivity contribution in [1.29, 1.82) is 0 Å². The highest BCUT2D eigenvalue weighted by Crippen LogP contribution is 2.30. The summed E-state index contributed by atoms with van der Waals surface area (Å²) in [6.45, 7) is 0.724. The lowest BCUT2D eigenvalue weighted by Crippen LogP contribution is -2.30. The topological polar surface area (TPSA) is 154 Å². The lowest BCUT2D eigenvalue weighted by molar-refractivity contribution is -0.128. The number of nitrogens with two attached hydrogens (primary N) is 3. The summed E-state index contributed by atoms with van der Waals surface area (Å²) < 4.78 is 5.66. The van der Waals surface area contributed by atoms with Crippen LogP contribution in [-0.2, 0) is 16.1 Å². The average Bonchev–Trinajstić information content (AvgIpc) is 3.32. The fourth-order valence-corrected chi connectivity index (χ4v) is 3.95. The Hall–Kier alpha value is -3.69. The Morgan fingerprint density at radius 2 is 1.61 bits per heavy atom. The van der Waals surface area contributed by atoms with E-state index in [1.165, 1.54) is 11.1 Å². The van der Waals surface area contributed by atoms with Gasteiger partial charge >= 0.3 is 0 Å². The van der Waals surface area contributed by atoms with Crippen LogP contribution < -0.4 is 27.8 Å². The van der Waals surface area contributed by atoms with E-state index in [-0.39, 0.29) is 12.5 Å². The first-order valence-electron chi connectivity index (χ1n) is 11.0. The van der Waals surface area contributed by atoms with Crippen LogP contribution >= 0.6 is 0 Å². The molecule has 9 nitrogen and oxygen atoms in total. The smallest absolute Gasteiger partial charge is 0.246 e. The van der Waals surface area contributed by atoms with Crippen LogP contribution in [0.5, 0.6) is 0 Å². The van der Waals surface area contributed by atoms with Gasteiger partial charge in [-0.2, -0.15) is 0 Å². The number of anilines is 3. The van der Waals surface area contributed by atoms with E-state index in [0.717, 1.165) is 0 Å². The molecule has 9 heteroatoms. The quantitative estimate of drug-likeness (QED) is 0.334. The van der Waals surface area contributed by atoms with Gasteiger partial charge < -0.3 is 32.6 Å². The zero-order valence-corrected chi connectivity index (χ0v) is 18.3. The third kappa shape index (κ3) is 5.39. The summed E-state index contributed by atoms with van der Waals surface area (Å²) in [4.78, 5) is 20.3. The first-order valence-corrected chi connectivity index (χ1v) is 11.0. The lowest BCUT2D eigenvalue weighted by atomic mass is 9.91. The van der Waals surface area contributed by atoms with Crippen LogP contribution in [0, 0.1) is 0 Å². The predicted octanol–water partition coefficient (Wildman–Crippen LogP) is 2.16. The van der Waals surface area contributed by atoms with E-state index < -0.39 is 18.2 Å². The molecule has 1 unspecified atom stereocenters. The Kier molecular flexibility index (Phi) is 7.01. The highest BCUT2D eigenvalue weighted by Gasteiger charge is 2.30. The third-order valence-corrected chi connectivity index (χ3v) is 5.69. The molecule has 0 aliphatic carbocycles. The number of aromatic nitrogens is 2. The van der Waals surface area contributed by atoms with Crippen LogP contribution in [0.3, 0.4) is 0 Å². The molecule has 2 aromatic carbocycles. The van der Waals surface area contributed by atoms with Crippen LogP contribution in [0.1, 0.15) is 35.7 Å². The molecule has 1 amide bonds. The van der Waals surface area contributed by atoms with E-state index in [2.05, 4.69) is 44.9 Å². The van der Waals surface area contributed by atoms with Gasteiger partial charge in [0.05, 0.1) is 6.54 Å². The van der Waals surface area contributed by atoms with Crippen LogP contribution in [-0.4, -0.2) is 34.8 Å². The number of hydrogen-bond acceptors (Lipinski definition) is 8. The van der Waals surface area contributed by atoms with Gasteiger partial charge in [-0.05, 0) is 24.0 Å². The first kappa shape index (κ1) is 22.5. The van der Waals surface area contributed by atoms with Gasteiger partial charge in [0.1, 0.15) is 23.8 Å². The van der Waals surface area contributed by atoms with E-state index >= 15 is 0 Å². The third-order valence-electron chi connectivity index (χ3n) is 5.69. The van der Waals surface area contributed by atoms with Crippen LogP contribution in [0.4, 0.5) is 17.3 Å². The average molecular weight is 448 g/mol. The van der Waals surface area contributed by atoms with E-state index in [9.17, 15) is 4.79 Å². The second-order valence-electron chi connectivity index (χ2n) is 7.95. The molecular weight excluding hydrogens is 418 g/mol. The van der Waals surface area contributed by atoms with Gasteiger partial charge in [0.15, 0.2) is 11.6 Å². The number of nitrogens with zero attached hydrogens (tertiary/aromatic N) is 2. The van der Waals surface area contributed by atoms with Crippen molar-refractivity contribution in [1.82, 2.24) is 9.97 Å². The number of nitrogens with one attached hydrogen (secondary N) is 2. The number of benzene rings is 2. The van der Waals surface area contributed by atoms with Gasteiger partial charge in [-0.3, -0.25) is 4.79 Å². The van der Waals surface area contributed by atoms with Crippen molar-refractivity contribution in [2.75, 3.05) is 22.9 Å². The zero-order chi connectivity index (χ0) is 23.2. The van der Waals surface area contributed by atoms with E-state index in [0.29, 0.717) is 42.5 Å². The molecule has 1 fully saturated rings. The van der Waals surface area contributed by atoms with Gasteiger partial charge in [-0.15, -0.1) is 0 Å². The lowest BCUT2D eigenvalue weighted by Gasteiger charge is -2.21. The van der Waals surface area contributed by atoms with E-state index in [4.69, 9.17) is 21.9 Å². The molecule has 3 aromatic rings. The van der Waals surface area contributed by atoms with Crippen molar-refractivity contribution in [3.8, 4) is 0 Å². The first-order chi connectivity index (χ1) is 16.0. The monoisotopic (exact) mass is 447 g/mol. The molecule has 0 radical (unpaired) electrons. The molecule has 8 N–H and O–H groups in total. The molecule has 4 rings (SSSR count). The molecule has 0 bridgehead atoms. The Morgan fingerprint density at radius 1 is 1.00 bits per heavy atom. The molecule has 0 spiro atoms. The second-order valence-corrected chi connectivity index (χ2v) is 7.95. The largest absolute Gasteiger partial charge is 0.393 e. The summed E-state index contributed by atoms with van der Waals surface area (Å²) in [5, 5.41) is 6.55. The molecule has 1 saturated heterocycles. The molecular formula is C24H29N7O2. The molecule has 172 valence electrons.